The minimum Gasteiger partial charge on any atom is -0.319 e. The van der Waals surface area contributed by atoms with E-state index in [1.165, 1.54) is 30.4 Å². The van der Waals surface area contributed by atoms with Gasteiger partial charge in [-0.25, -0.2) is 0 Å². The second-order valence-electron chi connectivity index (χ2n) is 5.63. The summed E-state index contributed by atoms with van der Waals surface area (Å²) in [5, 5.41) is 3.34. The van der Waals surface area contributed by atoms with Gasteiger partial charge in [0.05, 0.1) is 0 Å². The number of rotatable bonds is 8. The second-order valence-corrected chi connectivity index (χ2v) is 6.55. The van der Waals surface area contributed by atoms with Gasteiger partial charge in [0.2, 0.25) is 0 Å². The molecule has 0 amide bonds. The Morgan fingerprint density at radius 2 is 1.67 bits per heavy atom. The van der Waals surface area contributed by atoms with Gasteiger partial charge >= 0.3 is 0 Å². The van der Waals surface area contributed by atoms with Crippen LogP contribution in [0.3, 0.4) is 0 Å². The third-order valence-electron chi connectivity index (χ3n) is 3.85. The Bertz CT molecular complexity index is 507. The summed E-state index contributed by atoms with van der Waals surface area (Å²) in [6, 6.07) is 19.5. The summed E-state index contributed by atoms with van der Waals surface area (Å²) in [6.45, 7) is 1.09. The first kappa shape index (κ1) is 16.3. The van der Waals surface area contributed by atoms with Crippen molar-refractivity contribution in [1.82, 2.24) is 5.32 Å². The van der Waals surface area contributed by atoms with Crippen LogP contribution in [0.15, 0.2) is 59.1 Å². The van der Waals surface area contributed by atoms with Gasteiger partial charge in [0.15, 0.2) is 0 Å². The molecule has 0 radical (unpaired) electrons. The average Bonchev–Trinajstić information content (AvgIpc) is 2.51. The summed E-state index contributed by atoms with van der Waals surface area (Å²) in [6.07, 6.45) is 4.86. The lowest BCUT2D eigenvalue weighted by atomic mass is 9.93. The molecule has 0 saturated carbocycles. The van der Waals surface area contributed by atoms with Crippen LogP contribution in [0.4, 0.5) is 0 Å². The highest BCUT2D eigenvalue weighted by atomic mass is 79.9. The predicted octanol–water partition coefficient (Wildman–Crippen LogP) is 4.85. The van der Waals surface area contributed by atoms with E-state index in [2.05, 4.69) is 75.8 Å². The van der Waals surface area contributed by atoms with Crippen molar-refractivity contribution in [3.8, 4) is 0 Å². The zero-order valence-corrected chi connectivity index (χ0v) is 14.3. The molecule has 1 N–H and O–H groups in total. The van der Waals surface area contributed by atoms with Gasteiger partial charge in [-0.05, 0) is 68.5 Å². The fourth-order valence-electron chi connectivity index (χ4n) is 2.76. The normalized spacial score (nSPS) is 12.3. The van der Waals surface area contributed by atoms with Crippen LogP contribution in [0, 0.1) is 5.92 Å². The SMILES string of the molecule is CNCC(CCCc1ccccc1)Cc1ccc(Br)cc1. The number of hydrogen-bond acceptors (Lipinski definition) is 1. The molecule has 0 heterocycles. The minimum atomic E-state index is 0.708. The van der Waals surface area contributed by atoms with E-state index in [9.17, 15) is 0 Å². The molecule has 0 aromatic heterocycles. The highest BCUT2D eigenvalue weighted by Gasteiger charge is 2.09. The number of aryl methyl sites for hydroxylation is 1. The van der Waals surface area contributed by atoms with Crippen LogP contribution in [-0.2, 0) is 12.8 Å². The van der Waals surface area contributed by atoms with Crippen LogP contribution < -0.4 is 5.32 Å². The molecule has 1 unspecified atom stereocenters. The van der Waals surface area contributed by atoms with E-state index in [1.54, 1.807) is 0 Å². The standard InChI is InChI=1S/C19H24BrN/c1-21-15-18(14-17-10-12-19(20)13-11-17)9-5-8-16-6-3-2-4-7-16/h2-4,6-7,10-13,18,21H,5,8-9,14-15H2,1H3. The van der Waals surface area contributed by atoms with E-state index in [1.807, 2.05) is 7.05 Å². The summed E-state index contributed by atoms with van der Waals surface area (Å²) in [7, 11) is 2.05. The Balaban J connectivity index is 1.82. The van der Waals surface area contributed by atoms with E-state index >= 15 is 0 Å². The summed E-state index contributed by atoms with van der Waals surface area (Å²) in [5.74, 6) is 0.708. The highest BCUT2D eigenvalue weighted by Crippen LogP contribution is 2.18. The lowest BCUT2D eigenvalue weighted by Gasteiger charge is -2.16. The van der Waals surface area contributed by atoms with Gasteiger partial charge in [-0.15, -0.1) is 0 Å². The van der Waals surface area contributed by atoms with Gasteiger partial charge in [-0.2, -0.15) is 0 Å². The molecule has 1 nitrogen and oxygen atoms in total. The molecule has 2 rings (SSSR count). The fraction of sp³-hybridized carbons (Fsp3) is 0.368. The van der Waals surface area contributed by atoms with Crippen molar-refractivity contribution in [1.29, 1.82) is 0 Å². The Labute approximate surface area is 136 Å². The molecule has 21 heavy (non-hydrogen) atoms. The fourth-order valence-corrected chi connectivity index (χ4v) is 3.02. The zero-order chi connectivity index (χ0) is 14.9. The van der Waals surface area contributed by atoms with Gasteiger partial charge in [-0.1, -0.05) is 58.4 Å². The van der Waals surface area contributed by atoms with E-state index < -0.39 is 0 Å². The van der Waals surface area contributed by atoms with Crippen molar-refractivity contribution in [3.63, 3.8) is 0 Å². The lowest BCUT2D eigenvalue weighted by molar-refractivity contribution is 0.447. The van der Waals surface area contributed by atoms with Crippen LogP contribution in [-0.4, -0.2) is 13.6 Å². The van der Waals surface area contributed by atoms with Crippen molar-refractivity contribution in [3.05, 3.63) is 70.2 Å². The second kappa shape index (κ2) is 9.01. The van der Waals surface area contributed by atoms with E-state index in [0.29, 0.717) is 5.92 Å². The molecule has 2 heteroatoms. The van der Waals surface area contributed by atoms with Crippen molar-refractivity contribution in [2.24, 2.45) is 5.92 Å². The quantitative estimate of drug-likeness (QED) is 0.720. The molecule has 2 aromatic rings. The maximum absolute atomic E-state index is 3.50. The zero-order valence-electron chi connectivity index (χ0n) is 12.7. The largest absolute Gasteiger partial charge is 0.319 e. The van der Waals surface area contributed by atoms with Crippen LogP contribution in [0.1, 0.15) is 24.0 Å². The monoisotopic (exact) mass is 345 g/mol. The summed E-state index contributed by atoms with van der Waals surface area (Å²) < 4.78 is 1.15. The van der Waals surface area contributed by atoms with Crippen LogP contribution in [0.5, 0.6) is 0 Å². The Hall–Kier alpha value is -1.12. The number of benzene rings is 2. The number of nitrogens with one attached hydrogen (secondary N) is 1. The van der Waals surface area contributed by atoms with E-state index in [-0.39, 0.29) is 0 Å². The Kier molecular flexibility index (Phi) is 6.98. The third kappa shape index (κ3) is 6.03. The van der Waals surface area contributed by atoms with E-state index in [0.717, 1.165) is 17.4 Å². The molecule has 112 valence electrons. The van der Waals surface area contributed by atoms with Gasteiger partial charge in [-0.3, -0.25) is 0 Å². The number of halogens is 1. The first-order chi connectivity index (χ1) is 10.3. The molecule has 1 atom stereocenters. The van der Waals surface area contributed by atoms with Crippen molar-refractivity contribution < 1.29 is 0 Å². The van der Waals surface area contributed by atoms with E-state index in [4.69, 9.17) is 0 Å². The van der Waals surface area contributed by atoms with Gasteiger partial charge in [0, 0.05) is 4.47 Å². The van der Waals surface area contributed by atoms with Gasteiger partial charge in [0.1, 0.15) is 0 Å². The molecular weight excluding hydrogens is 322 g/mol. The maximum atomic E-state index is 3.50. The molecule has 0 aliphatic rings. The summed E-state index contributed by atoms with van der Waals surface area (Å²) in [5.41, 5.74) is 2.88. The summed E-state index contributed by atoms with van der Waals surface area (Å²) >= 11 is 3.50. The molecule has 0 spiro atoms. The Morgan fingerprint density at radius 3 is 2.33 bits per heavy atom. The molecule has 0 fully saturated rings. The molecule has 0 saturated heterocycles. The lowest BCUT2D eigenvalue weighted by Crippen LogP contribution is -2.21. The van der Waals surface area contributed by atoms with Crippen molar-refractivity contribution >= 4 is 15.9 Å². The van der Waals surface area contributed by atoms with Gasteiger partial charge < -0.3 is 5.32 Å². The minimum absolute atomic E-state index is 0.708. The van der Waals surface area contributed by atoms with Crippen LogP contribution >= 0.6 is 15.9 Å². The topological polar surface area (TPSA) is 12.0 Å². The molecule has 2 aromatic carbocycles. The number of hydrogen-bond donors (Lipinski definition) is 1. The smallest absolute Gasteiger partial charge is 0.0175 e. The van der Waals surface area contributed by atoms with Crippen molar-refractivity contribution in [2.45, 2.75) is 25.7 Å². The molecule has 0 aliphatic carbocycles. The third-order valence-corrected chi connectivity index (χ3v) is 4.38. The molecular formula is C19H24BrN. The highest BCUT2D eigenvalue weighted by molar-refractivity contribution is 9.10. The predicted molar refractivity (Wildman–Crippen MR) is 94.6 cm³/mol. The summed E-state index contributed by atoms with van der Waals surface area (Å²) in [4.78, 5) is 0. The Morgan fingerprint density at radius 1 is 0.952 bits per heavy atom. The van der Waals surface area contributed by atoms with Crippen LogP contribution in [0.25, 0.3) is 0 Å². The molecule has 0 bridgehead atoms. The average molecular weight is 346 g/mol. The molecule has 0 aliphatic heterocycles. The van der Waals surface area contributed by atoms with Crippen LogP contribution in [0.2, 0.25) is 0 Å². The maximum Gasteiger partial charge on any atom is 0.0175 e. The first-order valence-electron chi connectivity index (χ1n) is 7.71. The first-order valence-corrected chi connectivity index (χ1v) is 8.50. The van der Waals surface area contributed by atoms with Gasteiger partial charge in [0.25, 0.3) is 0 Å². The van der Waals surface area contributed by atoms with Crippen molar-refractivity contribution in [2.75, 3.05) is 13.6 Å².